The molecule has 0 aliphatic carbocycles. The molecule has 0 amide bonds. The van der Waals surface area contributed by atoms with Crippen LogP contribution in [0.1, 0.15) is 18.9 Å². The number of hydrogen-bond acceptors (Lipinski definition) is 2. The van der Waals surface area contributed by atoms with E-state index in [-0.39, 0.29) is 0 Å². The van der Waals surface area contributed by atoms with Gasteiger partial charge in [-0.15, -0.1) is 6.58 Å². The van der Waals surface area contributed by atoms with Crippen molar-refractivity contribution >= 4 is 5.69 Å². The standard InChI is InChI=1S/C11H16N2/c1-4-5-10(3)13-11-6-7-12-8-9(11)2/h4,6-8,10H,1,5H2,2-3H3,(H,12,13). The SMILES string of the molecule is C=CCC(C)Nc1ccncc1C. The third kappa shape index (κ3) is 2.90. The van der Waals surface area contributed by atoms with E-state index in [2.05, 4.69) is 30.7 Å². The minimum absolute atomic E-state index is 0.429. The summed E-state index contributed by atoms with van der Waals surface area (Å²) >= 11 is 0. The Labute approximate surface area is 79.7 Å². The Morgan fingerprint density at radius 3 is 3.08 bits per heavy atom. The Balaban J connectivity index is 2.63. The number of nitrogens with zero attached hydrogens (tertiary/aromatic N) is 1. The van der Waals surface area contributed by atoms with Gasteiger partial charge in [0.15, 0.2) is 0 Å². The maximum Gasteiger partial charge on any atom is 0.0402 e. The molecule has 1 N–H and O–H groups in total. The molecule has 70 valence electrons. The lowest BCUT2D eigenvalue weighted by Crippen LogP contribution is -2.14. The molecule has 2 heteroatoms. The van der Waals surface area contributed by atoms with Gasteiger partial charge in [0, 0.05) is 24.1 Å². The van der Waals surface area contributed by atoms with Crippen LogP contribution in [0.5, 0.6) is 0 Å². The van der Waals surface area contributed by atoms with Gasteiger partial charge in [-0.2, -0.15) is 0 Å². The number of pyridine rings is 1. The molecule has 1 rings (SSSR count). The van der Waals surface area contributed by atoms with E-state index in [4.69, 9.17) is 0 Å². The summed E-state index contributed by atoms with van der Waals surface area (Å²) < 4.78 is 0. The zero-order valence-electron chi connectivity index (χ0n) is 8.25. The second-order valence-corrected chi connectivity index (χ2v) is 3.26. The maximum atomic E-state index is 4.04. The smallest absolute Gasteiger partial charge is 0.0402 e. The summed E-state index contributed by atoms with van der Waals surface area (Å²) in [5.74, 6) is 0. The minimum Gasteiger partial charge on any atom is -0.382 e. The molecular weight excluding hydrogens is 160 g/mol. The monoisotopic (exact) mass is 176 g/mol. The zero-order chi connectivity index (χ0) is 9.68. The predicted molar refractivity (Wildman–Crippen MR) is 56.9 cm³/mol. The minimum atomic E-state index is 0.429. The average Bonchev–Trinajstić information content (AvgIpc) is 2.09. The van der Waals surface area contributed by atoms with E-state index in [0.29, 0.717) is 6.04 Å². The molecule has 0 fully saturated rings. The van der Waals surface area contributed by atoms with Gasteiger partial charge in [-0.05, 0) is 31.9 Å². The Hall–Kier alpha value is -1.31. The normalized spacial score (nSPS) is 12.2. The van der Waals surface area contributed by atoms with Crippen molar-refractivity contribution in [3.63, 3.8) is 0 Å². The van der Waals surface area contributed by atoms with Gasteiger partial charge in [-0.25, -0.2) is 0 Å². The zero-order valence-corrected chi connectivity index (χ0v) is 8.25. The Kier molecular flexibility index (Phi) is 3.50. The lowest BCUT2D eigenvalue weighted by molar-refractivity contribution is 0.812. The fraction of sp³-hybridized carbons (Fsp3) is 0.364. The largest absolute Gasteiger partial charge is 0.382 e. The highest BCUT2D eigenvalue weighted by molar-refractivity contribution is 5.49. The first-order valence-corrected chi connectivity index (χ1v) is 4.52. The highest BCUT2D eigenvalue weighted by Gasteiger charge is 2.01. The molecule has 0 saturated carbocycles. The van der Waals surface area contributed by atoms with Crippen LogP contribution in [0.15, 0.2) is 31.1 Å². The van der Waals surface area contributed by atoms with Crippen LogP contribution in [0.2, 0.25) is 0 Å². The fourth-order valence-corrected chi connectivity index (χ4v) is 1.21. The van der Waals surface area contributed by atoms with Crippen LogP contribution in [0.3, 0.4) is 0 Å². The Bertz CT molecular complexity index is 281. The van der Waals surface area contributed by atoms with E-state index in [0.717, 1.165) is 12.1 Å². The number of rotatable bonds is 4. The first kappa shape index (κ1) is 9.78. The van der Waals surface area contributed by atoms with Gasteiger partial charge in [-0.3, -0.25) is 4.98 Å². The molecule has 0 saturated heterocycles. The van der Waals surface area contributed by atoms with Crippen molar-refractivity contribution in [2.24, 2.45) is 0 Å². The van der Waals surface area contributed by atoms with Crippen LogP contribution in [-0.4, -0.2) is 11.0 Å². The number of anilines is 1. The topological polar surface area (TPSA) is 24.9 Å². The van der Waals surface area contributed by atoms with E-state index in [1.807, 2.05) is 18.3 Å². The molecule has 2 nitrogen and oxygen atoms in total. The summed E-state index contributed by atoms with van der Waals surface area (Å²) in [5, 5.41) is 3.40. The third-order valence-electron chi connectivity index (χ3n) is 1.94. The second-order valence-electron chi connectivity index (χ2n) is 3.26. The Morgan fingerprint density at radius 2 is 2.46 bits per heavy atom. The van der Waals surface area contributed by atoms with Gasteiger partial charge in [-0.1, -0.05) is 6.08 Å². The molecule has 0 aromatic carbocycles. The number of hydrogen-bond donors (Lipinski definition) is 1. The number of aryl methyl sites for hydroxylation is 1. The fourth-order valence-electron chi connectivity index (χ4n) is 1.21. The van der Waals surface area contributed by atoms with Crippen LogP contribution in [0, 0.1) is 6.92 Å². The summed E-state index contributed by atoms with van der Waals surface area (Å²) in [6.45, 7) is 7.90. The van der Waals surface area contributed by atoms with Crippen LogP contribution < -0.4 is 5.32 Å². The molecule has 0 aliphatic heterocycles. The van der Waals surface area contributed by atoms with Gasteiger partial charge in [0.1, 0.15) is 0 Å². The quantitative estimate of drug-likeness (QED) is 0.713. The molecule has 0 spiro atoms. The van der Waals surface area contributed by atoms with Crippen LogP contribution >= 0.6 is 0 Å². The van der Waals surface area contributed by atoms with Gasteiger partial charge in [0.05, 0.1) is 0 Å². The van der Waals surface area contributed by atoms with E-state index < -0.39 is 0 Å². The van der Waals surface area contributed by atoms with Crippen molar-refractivity contribution in [2.45, 2.75) is 26.3 Å². The molecular formula is C11H16N2. The van der Waals surface area contributed by atoms with Crippen molar-refractivity contribution in [2.75, 3.05) is 5.32 Å². The van der Waals surface area contributed by atoms with Crippen molar-refractivity contribution in [3.05, 3.63) is 36.7 Å². The van der Waals surface area contributed by atoms with Crippen LogP contribution in [-0.2, 0) is 0 Å². The highest BCUT2D eigenvalue weighted by Crippen LogP contribution is 2.13. The van der Waals surface area contributed by atoms with Crippen molar-refractivity contribution in [3.8, 4) is 0 Å². The summed E-state index contributed by atoms with van der Waals surface area (Å²) in [5.41, 5.74) is 2.34. The molecule has 0 radical (unpaired) electrons. The van der Waals surface area contributed by atoms with Gasteiger partial charge in [0.25, 0.3) is 0 Å². The van der Waals surface area contributed by atoms with E-state index >= 15 is 0 Å². The lowest BCUT2D eigenvalue weighted by Gasteiger charge is -2.14. The van der Waals surface area contributed by atoms with Crippen molar-refractivity contribution in [1.29, 1.82) is 0 Å². The molecule has 1 atom stereocenters. The predicted octanol–water partition coefficient (Wildman–Crippen LogP) is 2.77. The van der Waals surface area contributed by atoms with Crippen molar-refractivity contribution in [1.82, 2.24) is 4.98 Å². The second kappa shape index (κ2) is 4.65. The van der Waals surface area contributed by atoms with Crippen molar-refractivity contribution < 1.29 is 0 Å². The first-order chi connectivity index (χ1) is 6.24. The average molecular weight is 176 g/mol. The van der Waals surface area contributed by atoms with Gasteiger partial charge < -0.3 is 5.32 Å². The molecule has 1 heterocycles. The van der Waals surface area contributed by atoms with Crippen LogP contribution in [0.4, 0.5) is 5.69 Å². The highest BCUT2D eigenvalue weighted by atomic mass is 14.9. The molecule has 0 bridgehead atoms. The van der Waals surface area contributed by atoms with Crippen LogP contribution in [0.25, 0.3) is 0 Å². The van der Waals surface area contributed by atoms with E-state index in [1.54, 1.807) is 6.20 Å². The number of nitrogens with one attached hydrogen (secondary N) is 1. The van der Waals surface area contributed by atoms with Gasteiger partial charge in [0.2, 0.25) is 0 Å². The Morgan fingerprint density at radius 1 is 1.69 bits per heavy atom. The molecule has 1 aromatic heterocycles. The summed E-state index contributed by atoms with van der Waals surface area (Å²) in [6, 6.07) is 2.42. The third-order valence-corrected chi connectivity index (χ3v) is 1.94. The first-order valence-electron chi connectivity index (χ1n) is 4.52. The lowest BCUT2D eigenvalue weighted by atomic mass is 10.2. The summed E-state index contributed by atoms with van der Waals surface area (Å²) in [4.78, 5) is 4.04. The number of aromatic nitrogens is 1. The summed E-state index contributed by atoms with van der Waals surface area (Å²) in [7, 11) is 0. The maximum absolute atomic E-state index is 4.04. The van der Waals surface area contributed by atoms with E-state index in [1.165, 1.54) is 5.56 Å². The summed E-state index contributed by atoms with van der Waals surface area (Å²) in [6.07, 6.45) is 6.56. The van der Waals surface area contributed by atoms with Gasteiger partial charge >= 0.3 is 0 Å². The van der Waals surface area contributed by atoms with E-state index in [9.17, 15) is 0 Å². The molecule has 1 aromatic rings. The molecule has 0 aliphatic rings. The molecule has 1 unspecified atom stereocenters. The molecule has 13 heavy (non-hydrogen) atoms.